The zero-order valence-corrected chi connectivity index (χ0v) is 14.9. The summed E-state index contributed by atoms with van der Waals surface area (Å²) in [5.41, 5.74) is 1.11. The van der Waals surface area contributed by atoms with Crippen molar-refractivity contribution in [2.24, 2.45) is 0 Å². The number of piperidine rings is 2. The maximum absolute atomic E-state index is 12.9. The first-order valence-electron chi connectivity index (χ1n) is 9.20. The number of nitrogens with one attached hydrogen (secondary N) is 1. The predicted octanol–water partition coefficient (Wildman–Crippen LogP) is 1.79. The third-order valence-corrected chi connectivity index (χ3v) is 5.69. The van der Waals surface area contributed by atoms with Gasteiger partial charge in [0.15, 0.2) is 0 Å². The molecule has 1 atom stereocenters. The third-order valence-electron chi connectivity index (χ3n) is 5.69. The first kappa shape index (κ1) is 17.0. The molecular weight excluding hydrogens is 330 g/mol. The van der Waals surface area contributed by atoms with Crippen LogP contribution in [-0.2, 0) is 9.59 Å². The summed E-state index contributed by atoms with van der Waals surface area (Å²) < 4.78 is 1.46. The highest BCUT2D eigenvalue weighted by atomic mass is 16.2. The van der Waals surface area contributed by atoms with Crippen molar-refractivity contribution in [3.63, 3.8) is 0 Å². The third kappa shape index (κ3) is 3.05. The molecule has 1 aromatic heterocycles. The highest BCUT2D eigenvalue weighted by molar-refractivity contribution is 5.99. The molecule has 2 aromatic rings. The van der Waals surface area contributed by atoms with Crippen LogP contribution in [0.4, 0.5) is 0 Å². The van der Waals surface area contributed by atoms with Gasteiger partial charge >= 0.3 is 0 Å². The van der Waals surface area contributed by atoms with Crippen LogP contribution in [0.3, 0.4) is 0 Å². The van der Waals surface area contributed by atoms with E-state index < -0.39 is 11.9 Å². The van der Waals surface area contributed by atoms with Crippen molar-refractivity contribution in [1.82, 2.24) is 14.8 Å². The molecule has 1 aromatic carbocycles. The lowest BCUT2D eigenvalue weighted by Crippen LogP contribution is -2.44. The van der Waals surface area contributed by atoms with Crippen molar-refractivity contribution < 1.29 is 9.59 Å². The van der Waals surface area contributed by atoms with Crippen LogP contribution in [0.15, 0.2) is 35.3 Å². The van der Waals surface area contributed by atoms with Crippen molar-refractivity contribution >= 4 is 22.6 Å². The summed E-state index contributed by atoms with van der Waals surface area (Å²) in [7, 11) is 2.15. The Labute approximate surface area is 151 Å². The molecule has 2 saturated heterocycles. The number of nitrogens with zero attached hydrogens (tertiary/aromatic N) is 2. The first-order chi connectivity index (χ1) is 12.5. The highest BCUT2D eigenvalue weighted by Gasteiger charge is 2.29. The normalized spacial score (nSPS) is 22.6. The standard InChI is InChI=1S/C20H23N3O3/c1-22-9-6-13(7-10-22)14-2-3-16-15(12-14)8-11-23(20(16)26)17-4-5-18(24)21-19(17)25/h2-3,8,11-13,17H,4-7,9-10H2,1H3,(H,21,24,25). The summed E-state index contributed by atoms with van der Waals surface area (Å²) in [5, 5.41) is 3.85. The van der Waals surface area contributed by atoms with Crippen LogP contribution in [0.1, 0.15) is 43.2 Å². The zero-order chi connectivity index (χ0) is 18.3. The fourth-order valence-corrected chi connectivity index (χ4v) is 4.07. The Morgan fingerprint density at radius 2 is 1.81 bits per heavy atom. The van der Waals surface area contributed by atoms with E-state index in [1.54, 1.807) is 6.20 Å². The summed E-state index contributed by atoms with van der Waals surface area (Å²) in [6.45, 7) is 2.19. The number of hydrogen-bond acceptors (Lipinski definition) is 4. The largest absolute Gasteiger partial charge is 0.306 e. The monoisotopic (exact) mass is 353 g/mol. The summed E-state index contributed by atoms with van der Waals surface area (Å²) in [5.74, 6) is -0.137. The van der Waals surface area contributed by atoms with Gasteiger partial charge in [0.1, 0.15) is 6.04 Å². The van der Waals surface area contributed by atoms with E-state index in [-0.39, 0.29) is 17.9 Å². The number of carbonyl (C=O) groups excluding carboxylic acids is 2. The fraction of sp³-hybridized carbons (Fsp3) is 0.450. The SMILES string of the molecule is CN1CCC(c2ccc3c(=O)n(C4CCC(=O)NC4=O)ccc3c2)CC1. The molecule has 0 spiro atoms. The number of imide groups is 1. The van der Waals surface area contributed by atoms with Gasteiger partial charge in [0.2, 0.25) is 11.8 Å². The van der Waals surface area contributed by atoms with Crippen molar-refractivity contribution in [3.05, 3.63) is 46.4 Å². The van der Waals surface area contributed by atoms with Crippen LogP contribution in [0, 0.1) is 0 Å². The van der Waals surface area contributed by atoms with Crippen LogP contribution >= 0.6 is 0 Å². The molecule has 136 valence electrons. The molecule has 1 N–H and O–H groups in total. The van der Waals surface area contributed by atoms with Crippen LogP contribution in [0.2, 0.25) is 0 Å². The maximum Gasteiger partial charge on any atom is 0.259 e. The van der Waals surface area contributed by atoms with Gasteiger partial charge < -0.3 is 9.47 Å². The number of benzene rings is 1. The molecule has 1 unspecified atom stereocenters. The van der Waals surface area contributed by atoms with E-state index in [0.29, 0.717) is 17.7 Å². The van der Waals surface area contributed by atoms with Gasteiger partial charge in [-0.1, -0.05) is 12.1 Å². The van der Waals surface area contributed by atoms with E-state index in [4.69, 9.17) is 0 Å². The molecule has 3 heterocycles. The average Bonchev–Trinajstić information content (AvgIpc) is 2.63. The molecule has 6 nitrogen and oxygen atoms in total. The number of hydrogen-bond donors (Lipinski definition) is 1. The Balaban J connectivity index is 1.66. The Kier molecular flexibility index (Phi) is 4.36. The van der Waals surface area contributed by atoms with Crippen molar-refractivity contribution in [1.29, 1.82) is 0 Å². The van der Waals surface area contributed by atoms with Crippen LogP contribution in [-0.4, -0.2) is 41.4 Å². The molecule has 2 amide bonds. The summed E-state index contributed by atoms with van der Waals surface area (Å²) in [6.07, 6.45) is 4.58. The minimum atomic E-state index is -0.613. The molecule has 0 saturated carbocycles. The predicted molar refractivity (Wildman–Crippen MR) is 99.1 cm³/mol. The molecule has 26 heavy (non-hydrogen) atoms. The number of likely N-dealkylation sites (tertiary alicyclic amines) is 1. The molecule has 0 aliphatic carbocycles. The molecular formula is C20H23N3O3. The lowest BCUT2D eigenvalue weighted by molar-refractivity contribution is -0.135. The minimum Gasteiger partial charge on any atom is -0.306 e. The quantitative estimate of drug-likeness (QED) is 0.836. The van der Waals surface area contributed by atoms with Crippen LogP contribution in [0.5, 0.6) is 0 Å². The van der Waals surface area contributed by atoms with E-state index in [1.807, 2.05) is 12.1 Å². The summed E-state index contributed by atoms with van der Waals surface area (Å²) in [6, 6.07) is 7.33. The summed E-state index contributed by atoms with van der Waals surface area (Å²) in [4.78, 5) is 38.6. The molecule has 6 heteroatoms. The van der Waals surface area contributed by atoms with E-state index in [2.05, 4.69) is 29.4 Å². The van der Waals surface area contributed by atoms with E-state index in [9.17, 15) is 14.4 Å². The number of carbonyl (C=O) groups is 2. The smallest absolute Gasteiger partial charge is 0.259 e. The number of fused-ring (bicyclic) bond motifs is 1. The topological polar surface area (TPSA) is 71.4 Å². The highest BCUT2D eigenvalue weighted by Crippen LogP contribution is 2.29. The zero-order valence-electron chi connectivity index (χ0n) is 14.9. The van der Waals surface area contributed by atoms with Gasteiger partial charge in [-0.25, -0.2) is 0 Å². The van der Waals surface area contributed by atoms with Gasteiger partial charge in [0, 0.05) is 18.0 Å². The maximum atomic E-state index is 12.9. The van der Waals surface area contributed by atoms with E-state index in [0.717, 1.165) is 31.3 Å². The van der Waals surface area contributed by atoms with Gasteiger partial charge in [-0.05, 0) is 68.4 Å². The van der Waals surface area contributed by atoms with Crippen molar-refractivity contribution in [3.8, 4) is 0 Å². The molecule has 4 rings (SSSR count). The Morgan fingerprint density at radius 3 is 2.54 bits per heavy atom. The van der Waals surface area contributed by atoms with Gasteiger partial charge in [-0.15, -0.1) is 0 Å². The average molecular weight is 353 g/mol. The Hall–Kier alpha value is -2.47. The summed E-state index contributed by atoms with van der Waals surface area (Å²) >= 11 is 0. The second-order valence-electron chi connectivity index (χ2n) is 7.42. The fourth-order valence-electron chi connectivity index (χ4n) is 4.07. The van der Waals surface area contributed by atoms with E-state index in [1.165, 1.54) is 10.1 Å². The lowest BCUT2D eigenvalue weighted by Gasteiger charge is -2.29. The minimum absolute atomic E-state index is 0.174. The number of pyridine rings is 1. The van der Waals surface area contributed by atoms with Crippen molar-refractivity contribution in [2.75, 3.05) is 20.1 Å². The number of amides is 2. The Bertz CT molecular complexity index is 926. The van der Waals surface area contributed by atoms with Gasteiger partial charge in [0.05, 0.1) is 0 Å². The number of rotatable bonds is 2. The second-order valence-corrected chi connectivity index (χ2v) is 7.42. The molecule has 0 bridgehead atoms. The van der Waals surface area contributed by atoms with Crippen LogP contribution < -0.4 is 10.9 Å². The molecule has 2 aliphatic heterocycles. The van der Waals surface area contributed by atoms with Gasteiger partial charge in [-0.2, -0.15) is 0 Å². The first-order valence-corrected chi connectivity index (χ1v) is 9.20. The Morgan fingerprint density at radius 1 is 1.04 bits per heavy atom. The van der Waals surface area contributed by atoms with Gasteiger partial charge in [0.25, 0.3) is 5.56 Å². The number of aromatic nitrogens is 1. The van der Waals surface area contributed by atoms with Gasteiger partial charge in [-0.3, -0.25) is 19.7 Å². The van der Waals surface area contributed by atoms with Crippen molar-refractivity contribution in [2.45, 2.75) is 37.6 Å². The second kappa shape index (κ2) is 6.68. The lowest BCUT2D eigenvalue weighted by atomic mass is 9.88. The molecule has 0 radical (unpaired) electrons. The molecule has 2 fully saturated rings. The van der Waals surface area contributed by atoms with E-state index >= 15 is 0 Å². The molecule has 2 aliphatic rings. The van der Waals surface area contributed by atoms with Crippen LogP contribution in [0.25, 0.3) is 10.8 Å².